The monoisotopic (exact) mass is 795 g/mol. The van der Waals surface area contributed by atoms with Gasteiger partial charge in [0.25, 0.3) is 5.91 Å². The molecule has 4 aromatic rings. The van der Waals surface area contributed by atoms with Gasteiger partial charge in [0, 0.05) is 62.2 Å². The molecule has 12 nitrogen and oxygen atoms in total. The van der Waals surface area contributed by atoms with Crippen molar-refractivity contribution < 1.29 is 33.7 Å². The van der Waals surface area contributed by atoms with Crippen LogP contribution in [0.1, 0.15) is 69.3 Å². The molecule has 12 heteroatoms. The predicted octanol–water partition coefficient (Wildman–Crippen LogP) is 4.78. The number of phenols is 1. The number of benzene rings is 4. The molecule has 0 radical (unpaired) electrons. The SMILES string of the molecule is O=C1CCC(N2Cc3cc4c(cc3C2=O)OC[C@@H]2CN(CC3COC5(CN(c6ccc([C@@H]7c8ccc(O)cc8CC[C@@H]7c7ccccc7)cc6)C5)OC3)CCN42)C(=O)N1. The molecule has 0 saturated carbocycles. The number of imide groups is 1. The largest absolute Gasteiger partial charge is 0.508 e. The minimum absolute atomic E-state index is 0.183. The van der Waals surface area contributed by atoms with Gasteiger partial charge in [-0.2, -0.15) is 0 Å². The van der Waals surface area contributed by atoms with Crippen LogP contribution in [0.5, 0.6) is 11.5 Å². The first kappa shape index (κ1) is 36.6. The molecule has 4 saturated heterocycles. The summed E-state index contributed by atoms with van der Waals surface area (Å²) in [4.78, 5) is 46.5. The summed E-state index contributed by atoms with van der Waals surface area (Å²) in [5.41, 5.74) is 8.84. The van der Waals surface area contributed by atoms with Gasteiger partial charge >= 0.3 is 0 Å². The summed E-state index contributed by atoms with van der Waals surface area (Å²) >= 11 is 0. The molecule has 2 N–H and O–H groups in total. The number of ether oxygens (including phenoxy) is 3. The van der Waals surface area contributed by atoms with Crippen LogP contribution in [0.25, 0.3) is 0 Å². The Balaban J connectivity index is 0.687. The highest BCUT2D eigenvalue weighted by molar-refractivity contribution is 6.06. The molecule has 6 aliphatic heterocycles. The molecular formula is C47H49N5O7. The van der Waals surface area contributed by atoms with Crippen LogP contribution in [-0.4, -0.2) is 110 Å². The van der Waals surface area contributed by atoms with Gasteiger partial charge in [-0.15, -0.1) is 0 Å². The predicted molar refractivity (Wildman–Crippen MR) is 220 cm³/mol. The van der Waals surface area contributed by atoms with Gasteiger partial charge in [-0.25, -0.2) is 0 Å². The summed E-state index contributed by atoms with van der Waals surface area (Å²) in [6.45, 7) is 7.14. The van der Waals surface area contributed by atoms with E-state index in [9.17, 15) is 19.5 Å². The van der Waals surface area contributed by atoms with Crippen molar-refractivity contribution in [1.82, 2.24) is 15.1 Å². The molecule has 1 unspecified atom stereocenters. The number of hydrogen-bond donors (Lipinski definition) is 2. The van der Waals surface area contributed by atoms with Gasteiger partial charge in [0.1, 0.15) is 24.1 Å². The Hall–Kier alpha value is -5.43. The number of aromatic hydroxyl groups is 1. The third-order valence-electron chi connectivity index (χ3n) is 13.9. The Labute approximate surface area is 343 Å². The maximum atomic E-state index is 13.4. The molecule has 0 bridgehead atoms. The van der Waals surface area contributed by atoms with Crippen LogP contribution >= 0.6 is 0 Å². The number of fused-ring (bicyclic) bond motifs is 5. The first-order valence-corrected chi connectivity index (χ1v) is 21.2. The maximum Gasteiger partial charge on any atom is 0.255 e. The molecule has 1 aliphatic carbocycles. The summed E-state index contributed by atoms with van der Waals surface area (Å²) < 4.78 is 19.2. The number of nitrogens with one attached hydrogen (secondary N) is 1. The standard InChI is InChI=1S/C47H49N5O7/c53-36-11-13-38-32(18-36)8-12-37(30-4-2-1-3-5-30)44(38)31-6-9-34(10-7-31)50-27-47(28-50)58-24-29(25-59-47)21-49-16-17-51-35(23-49)26-57-42-20-39-33(19-41(42)51)22-52(46(39)56)40-14-15-43(54)48-45(40)55/h1-7,9-11,13,18-20,29,35,37,40,44,53H,8,12,14-17,21-28H2,(H,48,54,55)/t35-,37+,40?,44-/m0/s1. The summed E-state index contributed by atoms with van der Waals surface area (Å²) in [6, 6.07) is 29.2. The Kier molecular flexibility index (Phi) is 8.93. The smallest absolute Gasteiger partial charge is 0.255 e. The number of anilines is 2. The molecule has 4 aromatic carbocycles. The van der Waals surface area contributed by atoms with Gasteiger partial charge in [-0.3, -0.25) is 24.6 Å². The normalized spacial score (nSPS) is 26.4. The second-order valence-electron chi connectivity index (χ2n) is 17.6. The molecule has 59 heavy (non-hydrogen) atoms. The average Bonchev–Trinajstić information content (AvgIpc) is 3.56. The zero-order valence-electron chi connectivity index (χ0n) is 33.1. The zero-order valence-corrected chi connectivity index (χ0v) is 33.1. The fourth-order valence-corrected chi connectivity index (χ4v) is 10.8. The first-order chi connectivity index (χ1) is 28.8. The van der Waals surface area contributed by atoms with Crippen LogP contribution in [0.2, 0.25) is 0 Å². The second-order valence-corrected chi connectivity index (χ2v) is 17.6. The van der Waals surface area contributed by atoms with Crippen LogP contribution in [0.4, 0.5) is 11.4 Å². The molecule has 11 rings (SSSR count). The van der Waals surface area contributed by atoms with E-state index in [0.29, 0.717) is 68.9 Å². The lowest BCUT2D eigenvalue weighted by atomic mass is 9.69. The third kappa shape index (κ3) is 6.52. The number of aryl methyl sites for hydroxylation is 1. The van der Waals surface area contributed by atoms with Crippen LogP contribution in [-0.2, 0) is 32.0 Å². The molecule has 304 valence electrons. The Bertz CT molecular complexity index is 2300. The number of amides is 3. The first-order valence-electron chi connectivity index (χ1n) is 21.2. The number of carbonyl (C=O) groups is 3. The van der Waals surface area contributed by atoms with Crippen LogP contribution in [0, 0.1) is 5.92 Å². The Morgan fingerprint density at radius 3 is 2.41 bits per heavy atom. The van der Waals surface area contributed by atoms with Crippen molar-refractivity contribution in [1.29, 1.82) is 0 Å². The van der Waals surface area contributed by atoms with Gasteiger partial charge in [-0.1, -0.05) is 48.5 Å². The fraction of sp³-hybridized carbons (Fsp3) is 0.426. The van der Waals surface area contributed by atoms with E-state index in [-0.39, 0.29) is 36.1 Å². The van der Waals surface area contributed by atoms with Crippen molar-refractivity contribution in [2.45, 2.75) is 61.9 Å². The van der Waals surface area contributed by atoms with Crippen molar-refractivity contribution in [3.63, 3.8) is 0 Å². The average molecular weight is 796 g/mol. The van der Waals surface area contributed by atoms with Crippen LogP contribution < -0.4 is 19.9 Å². The molecule has 4 fully saturated rings. The zero-order chi connectivity index (χ0) is 39.8. The third-order valence-corrected chi connectivity index (χ3v) is 13.9. The Morgan fingerprint density at radius 1 is 0.797 bits per heavy atom. The van der Waals surface area contributed by atoms with Crippen LogP contribution in [0.3, 0.4) is 0 Å². The van der Waals surface area contributed by atoms with Gasteiger partial charge in [0.15, 0.2) is 0 Å². The Morgan fingerprint density at radius 2 is 1.61 bits per heavy atom. The van der Waals surface area contributed by atoms with E-state index < -0.39 is 17.7 Å². The summed E-state index contributed by atoms with van der Waals surface area (Å²) in [7, 11) is 0. The summed E-state index contributed by atoms with van der Waals surface area (Å²) in [5, 5.41) is 12.6. The molecule has 3 amide bonds. The highest BCUT2D eigenvalue weighted by atomic mass is 16.7. The van der Waals surface area contributed by atoms with Crippen LogP contribution in [0.15, 0.2) is 84.9 Å². The number of piperidine rings is 1. The highest BCUT2D eigenvalue weighted by Gasteiger charge is 2.49. The highest BCUT2D eigenvalue weighted by Crippen LogP contribution is 2.48. The lowest BCUT2D eigenvalue weighted by molar-refractivity contribution is -0.293. The number of nitrogens with zero attached hydrogens (tertiary/aromatic N) is 4. The molecule has 6 heterocycles. The van der Waals surface area contributed by atoms with Gasteiger partial charge in [0.2, 0.25) is 17.6 Å². The van der Waals surface area contributed by atoms with E-state index in [1.54, 1.807) is 4.90 Å². The number of hydrogen-bond acceptors (Lipinski definition) is 10. The minimum Gasteiger partial charge on any atom is -0.508 e. The number of piperazine rings is 1. The second kappa shape index (κ2) is 14.4. The van der Waals surface area contributed by atoms with Gasteiger partial charge < -0.3 is 34.0 Å². The molecule has 4 atom stereocenters. The van der Waals surface area contributed by atoms with E-state index >= 15 is 0 Å². The number of carbonyl (C=O) groups excluding carboxylic acids is 3. The minimum atomic E-state index is -0.636. The number of phenolic OH excluding ortho intramolecular Hbond substituents is 1. The van der Waals surface area contributed by atoms with Crippen molar-refractivity contribution in [3.05, 3.63) is 118 Å². The van der Waals surface area contributed by atoms with E-state index in [1.807, 2.05) is 18.2 Å². The van der Waals surface area contributed by atoms with E-state index in [2.05, 4.69) is 86.7 Å². The number of rotatable bonds is 6. The van der Waals surface area contributed by atoms with Gasteiger partial charge in [0.05, 0.1) is 38.0 Å². The fourth-order valence-electron chi connectivity index (χ4n) is 10.8. The summed E-state index contributed by atoms with van der Waals surface area (Å²) in [5.74, 6) is 0.483. The topological polar surface area (TPSA) is 124 Å². The van der Waals surface area contributed by atoms with E-state index in [1.165, 1.54) is 27.9 Å². The maximum absolute atomic E-state index is 13.4. The summed E-state index contributed by atoms with van der Waals surface area (Å²) in [6.07, 6.45) is 2.58. The van der Waals surface area contributed by atoms with Crippen molar-refractivity contribution in [3.8, 4) is 11.5 Å². The van der Waals surface area contributed by atoms with E-state index in [0.717, 1.165) is 50.3 Å². The van der Waals surface area contributed by atoms with E-state index in [4.69, 9.17) is 14.2 Å². The molecule has 1 spiro atoms. The van der Waals surface area contributed by atoms with Gasteiger partial charge in [-0.05, 0) is 89.4 Å². The van der Waals surface area contributed by atoms with Crippen molar-refractivity contribution in [2.24, 2.45) is 5.92 Å². The quantitative estimate of drug-likeness (QED) is 0.264. The lowest BCUT2D eigenvalue weighted by Gasteiger charge is -2.53. The molecule has 0 aromatic heterocycles. The lowest BCUT2D eigenvalue weighted by Crippen LogP contribution is -2.68. The van der Waals surface area contributed by atoms with Crippen molar-refractivity contribution >= 4 is 29.1 Å². The van der Waals surface area contributed by atoms with Crippen molar-refractivity contribution in [2.75, 3.05) is 68.9 Å². The molecular weight excluding hydrogens is 747 g/mol. The molecule has 7 aliphatic rings.